The van der Waals surface area contributed by atoms with E-state index in [0.29, 0.717) is 10.0 Å². The smallest absolute Gasteiger partial charge is 0.328 e. The molecule has 1 aliphatic carbocycles. The SMILES string of the molecule is CC1(C(=O)Nc2ncc(C=CC(=O)O)s2)CCCC1. The molecule has 5 nitrogen and oxygen atoms in total. The molecule has 2 rings (SSSR count). The molecule has 102 valence electrons. The van der Waals surface area contributed by atoms with E-state index in [1.54, 1.807) is 6.20 Å². The second-order valence-electron chi connectivity index (χ2n) is 4.96. The predicted octanol–water partition coefficient (Wildman–Crippen LogP) is 2.76. The van der Waals surface area contributed by atoms with Gasteiger partial charge in [0.05, 0.1) is 0 Å². The third kappa shape index (κ3) is 3.41. The molecule has 0 aliphatic heterocycles. The summed E-state index contributed by atoms with van der Waals surface area (Å²) in [7, 11) is 0. The number of rotatable bonds is 4. The number of thiazole rings is 1. The Morgan fingerprint density at radius 3 is 2.79 bits per heavy atom. The molecular formula is C13H16N2O3S. The maximum Gasteiger partial charge on any atom is 0.328 e. The molecule has 0 unspecified atom stereocenters. The summed E-state index contributed by atoms with van der Waals surface area (Å²) in [6.45, 7) is 1.98. The van der Waals surface area contributed by atoms with Gasteiger partial charge in [-0.2, -0.15) is 0 Å². The Balaban J connectivity index is 2.00. The highest BCUT2D eigenvalue weighted by atomic mass is 32.1. The number of hydrogen-bond acceptors (Lipinski definition) is 4. The van der Waals surface area contributed by atoms with Gasteiger partial charge in [-0.3, -0.25) is 4.79 Å². The number of aliphatic carboxylic acids is 1. The standard InChI is InChI=1S/C13H16N2O3S/c1-13(6-2-3-7-13)11(18)15-12-14-8-9(19-12)4-5-10(16)17/h4-5,8H,2-3,6-7H2,1H3,(H,16,17)(H,14,15,18). The molecule has 0 atom stereocenters. The maximum absolute atomic E-state index is 12.2. The van der Waals surface area contributed by atoms with Crippen molar-refractivity contribution in [2.75, 3.05) is 5.32 Å². The molecule has 19 heavy (non-hydrogen) atoms. The van der Waals surface area contributed by atoms with Crippen LogP contribution in [0.25, 0.3) is 6.08 Å². The fourth-order valence-electron chi connectivity index (χ4n) is 2.21. The van der Waals surface area contributed by atoms with Crippen molar-refractivity contribution in [1.29, 1.82) is 0 Å². The van der Waals surface area contributed by atoms with Crippen molar-refractivity contribution < 1.29 is 14.7 Å². The number of carbonyl (C=O) groups excluding carboxylic acids is 1. The molecule has 6 heteroatoms. The number of nitrogens with one attached hydrogen (secondary N) is 1. The van der Waals surface area contributed by atoms with E-state index in [9.17, 15) is 9.59 Å². The van der Waals surface area contributed by atoms with Crippen LogP contribution in [0.15, 0.2) is 12.3 Å². The van der Waals surface area contributed by atoms with Crippen molar-refractivity contribution in [2.24, 2.45) is 5.41 Å². The minimum atomic E-state index is -1.00. The molecule has 0 aromatic carbocycles. The van der Waals surface area contributed by atoms with Crippen molar-refractivity contribution in [3.05, 3.63) is 17.2 Å². The van der Waals surface area contributed by atoms with Crippen LogP contribution in [0.4, 0.5) is 5.13 Å². The van der Waals surface area contributed by atoms with Gasteiger partial charge in [0, 0.05) is 22.6 Å². The molecule has 0 radical (unpaired) electrons. The highest BCUT2D eigenvalue weighted by Gasteiger charge is 2.36. The molecule has 0 saturated heterocycles. The Morgan fingerprint density at radius 1 is 1.47 bits per heavy atom. The number of carboxylic acid groups (broad SMARTS) is 1. The topological polar surface area (TPSA) is 79.3 Å². The normalized spacial score (nSPS) is 17.7. The van der Waals surface area contributed by atoms with E-state index < -0.39 is 5.97 Å². The van der Waals surface area contributed by atoms with Crippen LogP contribution in [0.1, 0.15) is 37.5 Å². The number of amides is 1. The lowest BCUT2D eigenvalue weighted by atomic mass is 9.88. The molecule has 1 saturated carbocycles. The van der Waals surface area contributed by atoms with Crippen LogP contribution in [0.5, 0.6) is 0 Å². The lowest BCUT2D eigenvalue weighted by Crippen LogP contribution is -2.30. The molecule has 1 amide bonds. The van der Waals surface area contributed by atoms with Crippen molar-refractivity contribution in [3.8, 4) is 0 Å². The van der Waals surface area contributed by atoms with E-state index in [1.165, 1.54) is 17.4 Å². The Bertz CT molecular complexity index is 516. The molecule has 0 spiro atoms. The van der Waals surface area contributed by atoms with Crippen LogP contribution < -0.4 is 5.32 Å². The van der Waals surface area contributed by atoms with E-state index in [1.807, 2.05) is 6.92 Å². The first kappa shape index (κ1) is 13.7. The number of aromatic nitrogens is 1. The second kappa shape index (κ2) is 5.52. The van der Waals surface area contributed by atoms with Crippen molar-refractivity contribution >= 4 is 34.4 Å². The van der Waals surface area contributed by atoms with E-state index in [-0.39, 0.29) is 11.3 Å². The third-order valence-corrected chi connectivity index (χ3v) is 4.27. The van der Waals surface area contributed by atoms with Crippen LogP contribution in [0.2, 0.25) is 0 Å². The van der Waals surface area contributed by atoms with Gasteiger partial charge in [0.25, 0.3) is 0 Å². The lowest BCUT2D eigenvalue weighted by Gasteiger charge is -2.21. The van der Waals surface area contributed by atoms with Gasteiger partial charge in [0.1, 0.15) is 0 Å². The fraction of sp³-hybridized carbons (Fsp3) is 0.462. The fourth-order valence-corrected chi connectivity index (χ4v) is 2.92. The van der Waals surface area contributed by atoms with E-state index in [0.717, 1.165) is 31.8 Å². The van der Waals surface area contributed by atoms with Crippen LogP contribution >= 0.6 is 11.3 Å². The summed E-state index contributed by atoms with van der Waals surface area (Å²) in [6.07, 6.45) is 8.08. The van der Waals surface area contributed by atoms with Crippen LogP contribution in [0.3, 0.4) is 0 Å². The zero-order valence-electron chi connectivity index (χ0n) is 10.7. The average Bonchev–Trinajstić information content (AvgIpc) is 2.97. The monoisotopic (exact) mass is 280 g/mol. The zero-order chi connectivity index (χ0) is 13.9. The van der Waals surface area contributed by atoms with Crippen molar-refractivity contribution in [1.82, 2.24) is 4.98 Å². The van der Waals surface area contributed by atoms with Gasteiger partial charge in [-0.25, -0.2) is 9.78 Å². The lowest BCUT2D eigenvalue weighted by molar-refractivity contribution is -0.131. The number of carbonyl (C=O) groups is 2. The van der Waals surface area contributed by atoms with Gasteiger partial charge in [-0.15, -0.1) is 0 Å². The molecule has 1 fully saturated rings. The summed E-state index contributed by atoms with van der Waals surface area (Å²) in [4.78, 5) is 27.3. The highest BCUT2D eigenvalue weighted by Crippen LogP contribution is 2.38. The Morgan fingerprint density at radius 2 is 2.16 bits per heavy atom. The first-order valence-electron chi connectivity index (χ1n) is 6.18. The van der Waals surface area contributed by atoms with Gasteiger partial charge in [0.2, 0.25) is 5.91 Å². The van der Waals surface area contributed by atoms with E-state index in [4.69, 9.17) is 5.11 Å². The molecule has 1 aromatic rings. The molecule has 1 aliphatic rings. The van der Waals surface area contributed by atoms with Crippen LogP contribution in [-0.4, -0.2) is 22.0 Å². The molecular weight excluding hydrogens is 264 g/mol. The van der Waals surface area contributed by atoms with E-state index in [2.05, 4.69) is 10.3 Å². The summed E-state index contributed by atoms with van der Waals surface area (Å²) in [5.74, 6) is -0.995. The average molecular weight is 280 g/mol. The molecule has 0 bridgehead atoms. The zero-order valence-corrected chi connectivity index (χ0v) is 11.5. The quantitative estimate of drug-likeness (QED) is 0.831. The van der Waals surface area contributed by atoms with Gasteiger partial charge in [-0.1, -0.05) is 31.1 Å². The third-order valence-electron chi connectivity index (χ3n) is 3.39. The van der Waals surface area contributed by atoms with Gasteiger partial charge >= 0.3 is 5.97 Å². The largest absolute Gasteiger partial charge is 0.478 e. The minimum Gasteiger partial charge on any atom is -0.478 e. The highest BCUT2D eigenvalue weighted by molar-refractivity contribution is 7.16. The molecule has 1 heterocycles. The summed E-state index contributed by atoms with van der Waals surface area (Å²) < 4.78 is 0. The van der Waals surface area contributed by atoms with Crippen molar-refractivity contribution in [2.45, 2.75) is 32.6 Å². The second-order valence-corrected chi connectivity index (χ2v) is 6.02. The molecule has 1 aromatic heterocycles. The Labute approximate surface area is 115 Å². The van der Waals surface area contributed by atoms with Crippen molar-refractivity contribution in [3.63, 3.8) is 0 Å². The first-order chi connectivity index (χ1) is 8.99. The van der Waals surface area contributed by atoms with Gasteiger partial charge < -0.3 is 10.4 Å². The Kier molecular flexibility index (Phi) is 3.99. The van der Waals surface area contributed by atoms with Crippen LogP contribution in [-0.2, 0) is 9.59 Å². The predicted molar refractivity (Wildman–Crippen MR) is 74.0 cm³/mol. The number of hydrogen-bond donors (Lipinski definition) is 2. The summed E-state index contributed by atoms with van der Waals surface area (Å²) in [5.41, 5.74) is -0.289. The Hall–Kier alpha value is -1.69. The van der Waals surface area contributed by atoms with Gasteiger partial charge in [-0.05, 0) is 18.9 Å². The first-order valence-corrected chi connectivity index (χ1v) is 6.99. The maximum atomic E-state index is 12.2. The van der Waals surface area contributed by atoms with Crippen LogP contribution in [0, 0.1) is 5.41 Å². The minimum absolute atomic E-state index is 0.00751. The number of nitrogens with zero attached hydrogens (tertiary/aromatic N) is 1. The molecule has 2 N–H and O–H groups in total. The summed E-state index contributed by atoms with van der Waals surface area (Å²) in [6, 6.07) is 0. The summed E-state index contributed by atoms with van der Waals surface area (Å²) >= 11 is 1.27. The van der Waals surface area contributed by atoms with Gasteiger partial charge in [0.15, 0.2) is 5.13 Å². The van der Waals surface area contributed by atoms with E-state index >= 15 is 0 Å². The number of anilines is 1. The summed E-state index contributed by atoms with van der Waals surface area (Å²) in [5, 5.41) is 11.9. The number of carboxylic acids is 1.